The predicted octanol–water partition coefficient (Wildman–Crippen LogP) is 1.91. The smallest absolute Gasteiger partial charge is 0.234 e. The minimum atomic E-state index is 0.0134. The van der Waals surface area contributed by atoms with Gasteiger partial charge in [-0.15, -0.1) is 0 Å². The van der Waals surface area contributed by atoms with Crippen molar-refractivity contribution in [3.63, 3.8) is 0 Å². The summed E-state index contributed by atoms with van der Waals surface area (Å²) in [5.74, 6) is 0.263. The van der Waals surface area contributed by atoms with Crippen LogP contribution in [-0.4, -0.2) is 35.5 Å². The molecule has 0 aromatic heterocycles. The molecule has 0 fully saturated rings. The first-order chi connectivity index (χ1) is 8.40. The fourth-order valence-corrected chi connectivity index (χ4v) is 1.77. The van der Waals surface area contributed by atoms with Crippen LogP contribution in [0.2, 0.25) is 0 Å². The lowest BCUT2D eigenvalue weighted by Crippen LogP contribution is -2.39. The second-order valence-corrected chi connectivity index (χ2v) is 4.91. The number of phenolic OH excluding ortho intramolecular Hbond substituents is 1. The Kier molecular flexibility index (Phi) is 5.16. The lowest BCUT2D eigenvalue weighted by atomic mass is 10.1. The van der Waals surface area contributed by atoms with E-state index in [2.05, 4.69) is 5.32 Å². The van der Waals surface area contributed by atoms with Crippen LogP contribution in [0, 0.1) is 0 Å². The van der Waals surface area contributed by atoms with E-state index < -0.39 is 0 Å². The number of nitrogens with one attached hydrogen (secondary N) is 1. The first kappa shape index (κ1) is 14.5. The molecule has 1 aromatic carbocycles. The van der Waals surface area contributed by atoms with Crippen molar-refractivity contribution in [2.75, 3.05) is 13.6 Å². The molecule has 4 heteroatoms. The van der Waals surface area contributed by atoms with Gasteiger partial charge in [0.25, 0.3) is 0 Å². The Balaban J connectivity index is 2.61. The molecule has 100 valence electrons. The van der Waals surface area contributed by atoms with Gasteiger partial charge in [0.1, 0.15) is 5.75 Å². The summed E-state index contributed by atoms with van der Waals surface area (Å²) in [4.78, 5) is 13.6. The van der Waals surface area contributed by atoms with Gasteiger partial charge in [-0.1, -0.05) is 12.1 Å². The Morgan fingerprint density at radius 3 is 2.61 bits per heavy atom. The van der Waals surface area contributed by atoms with Gasteiger partial charge >= 0.3 is 0 Å². The minimum absolute atomic E-state index is 0.0134. The Labute approximate surface area is 109 Å². The number of hydrogen-bond donors (Lipinski definition) is 2. The van der Waals surface area contributed by atoms with E-state index in [9.17, 15) is 9.90 Å². The fraction of sp³-hybridized carbons (Fsp3) is 0.500. The molecule has 0 aliphatic carbocycles. The van der Waals surface area contributed by atoms with E-state index in [0.29, 0.717) is 6.54 Å². The lowest BCUT2D eigenvalue weighted by Gasteiger charge is -2.25. The highest BCUT2D eigenvalue weighted by Crippen LogP contribution is 2.21. The van der Waals surface area contributed by atoms with Gasteiger partial charge in [-0.25, -0.2) is 0 Å². The molecule has 1 aromatic rings. The second-order valence-electron chi connectivity index (χ2n) is 4.91. The molecule has 0 bridgehead atoms. The fourth-order valence-electron chi connectivity index (χ4n) is 1.77. The first-order valence-electron chi connectivity index (χ1n) is 6.18. The first-order valence-corrected chi connectivity index (χ1v) is 6.18. The Morgan fingerprint density at radius 2 is 2.06 bits per heavy atom. The van der Waals surface area contributed by atoms with Crippen LogP contribution in [0.3, 0.4) is 0 Å². The number of phenols is 1. The van der Waals surface area contributed by atoms with Crippen molar-refractivity contribution in [2.45, 2.75) is 32.9 Å². The van der Waals surface area contributed by atoms with Crippen LogP contribution in [0.15, 0.2) is 24.3 Å². The number of amides is 1. The van der Waals surface area contributed by atoms with Gasteiger partial charge in [-0.2, -0.15) is 0 Å². The summed E-state index contributed by atoms with van der Waals surface area (Å²) in [5, 5.41) is 12.3. The van der Waals surface area contributed by atoms with Crippen LogP contribution in [0.1, 0.15) is 32.4 Å². The maximum Gasteiger partial charge on any atom is 0.234 e. The summed E-state index contributed by atoms with van der Waals surface area (Å²) < 4.78 is 0. The molecule has 1 atom stereocenters. The van der Waals surface area contributed by atoms with E-state index in [1.54, 1.807) is 12.1 Å². The Hall–Kier alpha value is -1.55. The number of likely N-dealkylation sites (N-methyl/N-ethyl adjacent to an activating group) is 1. The molecule has 2 N–H and O–H groups in total. The van der Waals surface area contributed by atoms with Crippen molar-refractivity contribution in [1.82, 2.24) is 10.2 Å². The summed E-state index contributed by atoms with van der Waals surface area (Å²) in [6, 6.07) is 7.35. The van der Waals surface area contributed by atoms with E-state index in [0.717, 1.165) is 5.56 Å². The maximum atomic E-state index is 11.7. The number of benzene rings is 1. The molecule has 1 unspecified atom stereocenters. The Bertz CT molecular complexity index is 405. The van der Waals surface area contributed by atoms with Gasteiger partial charge in [0.15, 0.2) is 0 Å². The van der Waals surface area contributed by atoms with Crippen LogP contribution < -0.4 is 5.32 Å². The van der Waals surface area contributed by atoms with E-state index in [4.69, 9.17) is 0 Å². The Morgan fingerprint density at radius 1 is 1.39 bits per heavy atom. The molecule has 0 aliphatic rings. The zero-order valence-electron chi connectivity index (χ0n) is 11.5. The highest BCUT2D eigenvalue weighted by atomic mass is 16.3. The largest absolute Gasteiger partial charge is 0.508 e. The average molecular weight is 250 g/mol. The van der Waals surface area contributed by atoms with Crippen LogP contribution in [0.5, 0.6) is 5.75 Å². The molecule has 0 saturated heterocycles. The van der Waals surface area contributed by atoms with Crippen molar-refractivity contribution < 1.29 is 9.90 Å². The number of nitrogens with zero attached hydrogens (tertiary/aromatic N) is 1. The van der Waals surface area contributed by atoms with Gasteiger partial charge < -0.3 is 10.4 Å². The van der Waals surface area contributed by atoms with Crippen molar-refractivity contribution >= 4 is 5.91 Å². The van der Waals surface area contributed by atoms with Crippen LogP contribution in [0.25, 0.3) is 0 Å². The molecule has 1 rings (SSSR count). The van der Waals surface area contributed by atoms with E-state index >= 15 is 0 Å². The topological polar surface area (TPSA) is 52.6 Å². The molecule has 4 nitrogen and oxygen atoms in total. The third-order valence-corrected chi connectivity index (χ3v) is 2.86. The van der Waals surface area contributed by atoms with Gasteiger partial charge in [0.2, 0.25) is 5.91 Å². The summed E-state index contributed by atoms with van der Waals surface area (Å²) in [6.45, 7) is 6.24. The zero-order valence-corrected chi connectivity index (χ0v) is 11.5. The van der Waals surface area contributed by atoms with Crippen LogP contribution >= 0.6 is 0 Å². The highest BCUT2D eigenvalue weighted by molar-refractivity contribution is 5.78. The number of aromatic hydroxyl groups is 1. The van der Waals surface area contributed by atoms with Gasteiger partial charge in [-0.05, 0) is 45.5 Å². The highest BCUT2D eigenvalue weighted by Gasteiger charge is 2.15. The second kappa shape index (κ2) is 6.40. The molecule has 0 spiro atoms. The molecule has 0 saturated carbocycles. The molecular formula is C14H22N2O2. The maximum absolute atomic E-state index is 11.7. The van der Waals surface area contributed by atoms with Gasteiger partial charge in [-0.3, -0.25) is 9.69 Å². The molecule has 0 aliphatic heterocycles. The SMILES string of the molecule is CC(C)NC(=O)CN(C)C(C)c1cccc(O)c1. The van der Waals surface area contributed by atoms with Crippen molar-refractivity contribution in [3.8, 4) is 5.75 Å². The summed E-state index contributed by atoms with van der Waals surface area (Å²) in [7, 11) is 1.90. The van der Waals surface area contributed by atoms with Crippen molar-refractivity contribution in [1.29, 1.82) is 0 Å². The van der Waals surface area contributed by atoms with Crippen molar-refractivity contribution in [2.24, 2.45) is 0 Å². The van der Waals surface area contributed by atoms with Crippen LogP contribution in [-0.2, 0) is 4.79 Å². The normalized spacial score (nSPS) is 12.8. The van der Waals surface area contributed by atoms with E-state index in [-0.39, 0.29) is 23.7 Å². The number of carbonyl (C=O) groups is 1. The average Bonchev–Trinajstić information content (AvgIpc) is 2.26. The van der Waals surface area contributed by atoms with E-state index in [1.165, 1.54) is 0 Å². The molecule has 0 radical (unpaired) electrons. The molecule has 18 heavy (non-hydrogen) atoms. The monoisotopic (exact) mass is 250 g/mol. The lowest BCUT2D eigenvalue weighted by molar-refractivity contribution is -0.122. The third kappa shape index (κ3) is 4.37. The van der Waals surface area contributed by atoms with Gasteiger partial charge in [0, 0.05) is 12.1 Å². The molecule has 1 amide bonds. The summed E-state index contributed by atoms with van der Waals surface area (Å²) >= 11 is 0. The quantitative estimate of drug-likeness (QED) is 0.839. The summed E-state index contributed by atoms with van der Waals surface area (Å²) in [5.41, 5.74) is 0.995. The van der Waals surface area contributed by atoms with E-state index in [1.807, 2.05) is 44.9 Å². The van der Waals surface area contributed by atoms with Crippen LogP contribution in [0.4, 0.5) is 0 Å². The summed E-state index contributed by atoms with van der Waals surface area (Å²) in [6.07, 6.45) is 0. The minimum Gasteiger partial charge on any atom is -0.508 e. The number of hydrogen-bond acceptors (Lipinski definition) is 3. The zero-order chi connectivity index (χ0) is 13.7. The standard InChI is InChI=1S/C14H22N2O2/c1-10(2)15-14(18)9-16(4)11(3)12-6-5-7-13(17)8-12/h5-8,10-11,17H,9H2,1-4H3,(H,15,18). The predicted molar refractivity (Wildman–Crippen MR) is 72.4 cm³/mol. The van der Waals surface area contributed by atoms with Gasteiger partial charge in [0.05, 0.1) is 6.54 Å². The number of rotatable bonds is 5. The molecule has 0 heterocycles. The third-order valence-electron chi connectivity index (χ3n) is 2.86. The van der Waals surface area contributed by atoms with Crippen molar-refractivity contribution in [3.05, 3.63) is 29.8 Å². The molecular weight excluding hydrogens is 228 g/mol. The number of carbonyl (C=O) groups excluding carboxylic acids is 1.